The second kappa shape index (κ2) is 4.49. The van der Waals surface area contributed by atoms with Crippen molar-refractivity contribution in [3.63, 3.8) is 0 Å². The maximum atomic E-state index is 13.6. The predicted molar refractivity (Wildman–Crippen MR) is 63.0 cm³/mol. The fourth-order valence-corrected chi connectivity index (χ4v) is 2.15. The number of rotatable bonds is 1. The lowest BCUT2D eigenvalue weighted by molar-refractivity contribution is 0.575. The van der Waals surface area contributed by atoms with Gasteiger partial charge in [0.05, 0.1) is 10.2 Å². The molecule has 0 aliphatic carbocycles. The van der Waals surface area contributed by atoms with Gasteiger partial charge in [0, 0.05) is 19.0 Å². The van der Waals surface area contributed by atoms with E-state index < -0.39 is 11.6 Å². The lowest BCUT2D eigenvalue weighted by atomic mass is 10.1. The number of anilines is 1. The van der Waals surface area contributed by atoms with Crippen LogP contribution in [0.25, 0.3) is 0 Å². The van der Waals surface area contributed by atoms with Gasteiger partial charge in [0.25, 0.3) is 0 Å². The van der Waals surface area contributed by atoms with Crippen molar-refractivity contribution < 1.29 is 8.78 Å². The van der Waals surface area contributed by atoms with Gasteiger partial charge in [0.1, 0.15) is 17.5 Å². The first kappa shape index (κ1) is 11.5. The summed E-state index contributed by atoms with van der Waals surface area (Å²) in [4.78, 5) is 1.60. The van der Waals surface area contributed by atoms with E-state index in [1.807, 2.05) is 0 Å². The smallest absolute Gasteiger partial charge is 0.149 e. The number of nitrogens with zero attached hydrogens (tertiary/aromatic N) is 1. The van der Waals surface area contributed by atoms with Crippen LogP contribution in [0.1, 0.15) is 19.3 Å². The molecule has 0 aromatic heterocycles. The SMILES string of the molecule is N=C1CCCCN1c1cc(Br)c(F)cc1F. The van der Waals surface area contributed by atoms with E-state index in [2.05, 4.69) is 15.9 Å². The highest BCUT2D eigenvalue weighted by atomic mass is 79.9. The van der Waals surface area contributed by atoms with Gasteiger partial charge in [0.2, 0.25) is 0 Å². The van der Waals surface area contributed by atoms with Crippen molar-refractivity contribution in [1.29, 1.82) is 5.41 Å². The molecular weight excluding hydrogens is 278 g/mol. The number of hydrogen-bond acceptors (Lipinski definition) is 1. The molecule has 1 N–H and O–H groups in total. The molecule has 5 heteroatoms. The van der Waals surface area contributed by atoms with Gasteiger partial charge in [-0.05, 0) is 34.8 Å². The van der Waals surface area contributed by atoms with E-state index in [0.29, 0.717) is 18.8 Å². The van der Waals surface area contributed by atoms with Gasteiger partial charge in [-0.2, -0.15) is 0 Å². The van der Waals surface area contributed by atoms with Crippen molar-refractivity contribution >= 4 is 27.5 Å². The maximum Gasteiger partial charge on any atom is 0.149 e. The van der Waals surface area contributed by atoms with Gasteiger partial charge < -0.3 is 4.90 Å². The Balaban J connectivity index is 2.39. The molecule has 1 aliphatic heterocycles. The van der Waals surface area contributed by atoms with E-state index in [-0.39, 0.29) is 10.2 Å². The van der Waals surface area contributed by atoms with Gasteiger partial charge in [0.15, 0.2) is 0 Å². The van der Waals surface area contributed by atoms with Crippen LogP contribution in [-0.2, 0) is 0 Å². The van der Waals surface area contributed by atoms with E-state index in [4.69, 9.17) is 5.41 Å². The highest BCUT2D eigenvalue weighted by molar-refractivity contribution is 9.10. The summed E-state index contributed by atoms with van der Waals surface area (Å²) < 4.78 is 26.9. The number of nitrogens with one attached hydrogen (secondary N) is 1. The molecule has 1 aromatic rings. The van der Waals surface area contributed by atoms with Crippen LogP contribution in [0.4, 0.5) is 14.5 Å². The lowest BCUT2D eigenvalue weighted by Gasteiger charge is -2.29. The van der Waals surface area contributed by atoms with Crippen LogP contribution in [0.2, 0.25) is 0 Å². The Morgan fingerprint density at radius 2 is 1.94 bits per heavy atom. The van der Waals surface area contributed by atoms with Gasteiger partial charge >= 0.3 is 0 Å². The zero-order valence-corrected chi connectivity index (χ0v) is 10.2. The average Bonchev–Trinajstić information content (AvgIpc) is 2.25. The summed E-state index contributed by atoms with van der Waals surface area (Å²) in [6.07, 6.45) is 2.53. The minimum Gasteiger partial charge on any atom is -0.328 e. The summed E-state index contributed by atoms with van der Waals surface area (Å²) in [6, 6.07) is 2.24. The number of piperidine rings is 1. The monoisotopic (exact) mass is 288 g/mol. The predicted octanol–water partition coefficient (Wildman–Crippen LogP) is 3.69. The molecule has 1 saturated heterocycles. The van der Waals surface area contributed by atoms with Crippen LogP contribution in [-0.4, -0.2) is 12.4 Å². The molecule has 2 nitrogen and oxygen atoms in total. The second-order valence-electron chi connectivity index (χ2n) is 3.77. The number of benzene rings is 1. The standard InChI is InChI=1S/C11H11BrF2N2/c12-7-5-10(9(14)6-8(7)13)16-4-2-1-3-11(16)15/h5-6,15H,1-4H2. The molecule has 2 rings (SSSR count). The summed E-state index contributed by atoms with van der Waals surface area (Å²) >= 11 is 3.03. The molecule has 1 aliphatic rings. The third kappa shape index (κ3) is 2.09. The Morgan fingerprint density at radius 1 is 1.19 bits per heavy atom. The minimum atomic E-state index is -0.621. The number of halogens is 3. The number of hydrogen-bond donors (Lipinski definition) is 1. The molecule has 1 fully saturated rings. The highest BCUT2D eigenvalue weighted by Crippen LogP contribution is 2.29. The topological polar surface area (TPSA) is 27.1 Å². The third-order valence-corrected chi connectivity index (χ3v) is 3.26. The molecule has 0 atom stereocenters. The Morgan fingerprint density at radius 3 is 2.62 bits per heavy atom. The van der Waals surface area contributed by atoms with Crippen LogP contribution in [0.15, 0.2) is 16.6 Å². The number of amidine groups is 1. The van der Waals surface area contributed by atoms with Crippen LogP contribution in [0, 0.1) is 17.0 Å². The van der Waals surface area contributed by atoms with Gasteiger partial charge in [-0.25, -0.2) is 8.78 Å². The van der Waals surface area contributed by atoms with Crippen molar-refractivity contribution in [2.24, 2.45) is 0 Å². The van der Waals surface area contributed by atoms with E-state index in [1.165, 1.54) is 6.07 Å². The zero-order valence-electron chi connectivity index (χ0n) is 8.56. The first-order valence-corrected chi connectivity index (χ1v) is 5.88. The van der Waals surface area contributed by atoms with E-state index in [0.717, 1.165) is 18.9 Å². The van der Waals surface area contributed by atoms with Crippen LogP contribution in [0.5, 0.6) is 0 Å². The van der Waals surface area contributed by atoms with Gasteiger partial charge in [-0.1, -0.05) is 0 Å². The van der Waals surface area contributed by atoms with Crippen LogP contribution < -0.4 is 4.90 Å². The maximum absolute atomic E-state index is 13.6. The average molecular weight is 289 g/mol. The molecule has 0 unspecified atom stereocenters. The molecular formula is C11H11BrF2N2. The summed E-state index contributed by atoms with van der Waals surface area (Å²) in [5, 5.41) is 7.75. The molecule has 16 heavy (non-hydrogen) atoms. The Labute approximate surface area is 101 Å². The van der Waals surface area contributed by atoms with Crippen molar-refractivity contribution in [1.82, 2.24) is 0 Å². The largest absolute Gasteiger partial charge is 0.328 e. The lowest BCUT2D eigenvalue weighted by Crippen LogP contribution is -2.35. The van der Waals surface area contributed by atoms with Crippen molar-refractivity contribution in [2.45, 2.75) is 19.3 Å². The first-order valence-electron chi connectivity index (χ1n) is 5.09. The fourth-order valence-electron chi connectivity index (χ4n) is 1.82. The molecule has 0 spiro atoms. The summed E-state index contributed by atoms with van der Waals surface area (Å²) in [5.74, 6) is -0.846. The van der Waals surface area contributed by atoms with E-state index in [1.54, 1.807) is 4.90 Å². The molecule has 1 heterocycles. The highest BCUT2D eigenvalue weighted by Gasteiger charge is 2.20. The Kier molecular flexibility index (Phi) is 3.23. The van der Waals surface area contributed by atoms with Gasteiger partial charge in [-0.15, -0.1) is 0 Å². The van der Waals surface area contributed by atoms with Crippen LogP contribution in [0.3, 0.4) is 0 Å². The Bertz CT molecular complexity index is 434. The molecule has 1 aromatic carbocycles. The molecule has 0 bridgehead atoms. The van der Waals surface area contributed by atoms with Crippen LogP contribution >= 0.6 is 15.9 Å². The molecule has 0 amide bonds. The van der Waals surface area contributed by atoms with E-state index >= 15 is 0 Å². The summed E-state index contributed by atoms with van der Waals surface area (Å²) in [7, 11) is 0. The quantitative estimate of drug-likeness (QED) is 0.784. The van der Waals surface area contributed by atoms with Gasteiger partial charge in [-0.3, -0.25) is 5.41 Å². The third-order valence-electron chi connectivity index (χ3n) is 2.65. The molecule has 86 valence electrons. The van der Waals surface area contributed by atoms with Crippen molar-refractivity contribution in [2.75, 3.05) is 11.4 Å². The molecule has 0 saturated carbocycles. The Hall–Kier alpha value is -0.970. The summed E-state index contributed by atoms with van der Waals surface area (Å²) in [6.45, 7) is 0.619. The minimum absolute atomic E-state index is 0.224. The first-order chi connectivity index (χ1) is 7.59. The van der Waals surface area contributed by atoms with E-state index in [9.17, 15) is 8.78 Å². The fraction of sp³-hybridized carbons (Fsp3) is 0.364. The normalized spacial score (nSPS) is 16.7. The van der Waals surface area contributed by atoms with Crippen molar-refractivity contribution in [3.05, 3.63) is 28.2 Å². The van der Waals surface area contributed by atoms with Crippen molar-refractivity contribution in [3.8, 4) is 0 Å². The molecule has 0 radical (unpaired) electrons. The zero-order chi connectivity index (χ0) is 11.7. The summed E-state index contributed by atoms with van der Waals surface area (Å²) in [5.41, 5.74) is 0.276. The second-order valence-corrected chi connectivity index (χ2v) is 4.63.